The first-order valence-electron chi connectivity index (χ1n) is 9.29. The van der Waals surface area contributed by atoms with Crippen LogP contribution in [0.15, 0.2) is 29.1 Å². The summed E-state index contributed by atoms with van der Waals surface area (Å²) >= 11 is 1.52. The number of aryl methyl sites for hydroxylation is 3. The number of aromatic nitrogens is 3. The molecule has 1 amide bonds. The van der Waals surface area contributed by atoms with Crippen LogP contribution in [0.5, 0.6) is 5.75 Å². The number of nitrogens with zero attached hydrogens (tertiary/aromatic N) is 2. The van der Waals surface area contributed by atoms with Gasteiger partial charge in [-0.2, -0.15) is 0 Å². The number of carbonyl (C=O) groups is 1. The van der Waals surface area contributed by atoms with Crippen LogP contribution in [0.3, 0.4) is 0 Å². The van der Waals surface area contributed by atoms with Crippen LogP contribution in [0.1, 0.15) is 26.8 Å². The maximum absolute atomic E-state index is 12.7. The molecule has 150 valence electrons. The van der Waals surface area contributed by atoms with Gasteiger partial charge in [-0.15, -0.1) is 11.3 Å². The standard InChI is InChI=1S/C21H22N4O3S/c1-11-12(2)29-21-18(11)20(27)23-17(24-21)7-8-22-19(26)16-10-13-9-14(28-4)5-6-15(13)25(16)3/h5-6,9-10H,7-8H2,1-4H3,(H,22,26)(H,23,24,27). The van der Waals surface area contributed by atoms with Crippen molar-refractivity contribution >= 4 is 38.4 Å². The number of benzene rings is 1. The van der Waals surface area contributed by atoms with Crippen LogP contribution in [0.4, 0.5) is 0 Å². The van der Waals surface area contributed by atoms with Gasteiger partial charge in [0, 0.05) is 35.8 Å². The van der Waals surface area contributed by atoms with Gasteiger partial charge in [-0.05, 0) is 43.7 Å². The molecule has 0 fully saturated rings. The Balaban J connectivity index is 1.49. The maximum atomic E-state index is 12.7. The van der Waals surface area contributed by atoms with E-state index in [1.807, 2.05) is 49.7 Å². The normalized spacial score (nSPS) is 11.3. The van der Waals surface area contributed by atoms with Crippen molar-refractivity contribution in [3.8, 4) is 5.75 Å². The molecule has 0 aliphatic heterocycles. The Bertz CT molecular complexity index is 1300. The summed E-state index contributed by atoms with van der Waals surface area (Å²) in [5.74, 6) is 1.15. The predicted octanol–water partition coefficient (Wildman–Crippen LogP) is 3.07. The Hall–Kier alpha value is -3.13. The minimum atomic E-state index is -0.172. The zero-order valence-corrected chi connectivity index (χ0v) is 17.6. The number of amides is 1. The molecule has 0 aliphatic rings. The Morgan fingerprint density at radius 3 is 2.86 bits per heavy atom. The average molecular weight is 410 g/mol. The second-order valence-electron chi connectivity index (χ2n) is 7.00. The first-order valence-corrected chi connectivity index (χ1v) is 10.1. The highest BCUT2D eigenvalue weighted by Gasteiger charge is 2.15. The van der Waals surface area contributed by atoms with Crippen molar-refractivity contribution in [3.63, 3.8) is 0 Å². The van der Waals surface area contributed by atoms with E-state index in [4.69, 9.17) is 4.74 Å². The zero-order chi connectivity index (χ0) is 20.7. The highest BCUT2D eigenvalue weighted by Crippen LogP contribution is 2.26. The molecule has 1 aromatic carbocycles. The number of ether oxygens (including phenoxy) is 1. The molecule has 3 aromatic heterocycles. The van der Waals surface area contributed by atoms with E-state index in [0.717, 1.165) is 31.9 Å². The predicted molar refractivity (Wildman–Crippen MR) is 115 cm³/mol. The SMILES string of the molecule is COc1ccc2c(c1)cc(C(=O)NCCc1nc3sc(C)c(C)c3c(=O)[nH]1)n2C. The van der Waals surface area contributed by atoms with Crippen LogP contribution in [0.25, 0.3) is 21.1 Å². The molecular weight excluding hydrogens is 388 g/mol. The number of thiophene rings is 1. The average Bonchev–Trinajstić information content (AvgIpc) is 3.18. The highest BCUT2D eigenvalue weighted by atomic mass is 32.1. The molecule has 4 aromatic rings. The third kappa shape index (κ3) is 3.40. The van der Waals surface area contributed by atoms with Gasteiger partial charge < -0.3 is 19.6 Å². The van der Waals surface area contributed by atoms with E-state index in [0.29, 0.717) is 29.9 Å². The largest absolute Gasteiger partial charge is 0.497 e. The number of rotatable bonds is 5. The second-order valence-corrected chi connectivity index (χ2v) is 8.20. The molecule has 29 heavy (non-hydrogen) atoms. The molecule has 0 radical (unpaired) electrons. The number of hydrogen-bond acceptors (Lipinski definition) is 5. The van der Waals surface area contributed by atoms with Crippen molar-refractivity contribution in [1.82, 2.24) is 19.9 Å². The van der Waals surface area contributed by atoms with Crippen LogP contribution in [0, 0.1) is 13.8 Å². The minimum Gasteiger partial charge on any atom is -0.497 e. The number of nitrogens with one attached hydrogen (secondary N) is 2. The first kappa shape index (κ1) is 19.2. The van der Waals surface area contributed by atoms with E-state index >= 15 is 0 Å². The van der Waals surface area contributed by atoms with Gasteiger partial charge in [0.05, 0.1) is 12.5 Å². The Labute approximate surface area is 171 Å². The molecular formula is C21H22N4O3S. The van der Waals surface area contributed by atoms with Crippen molar-refractivity contribution in [1.29, 1.82) is 0 Å². The Morgan fingerprint density at radius 1 is 1.31 bits per heavy atom. The fraction of sp³-hybridized carbons (Fsp3) is 0.286. The number of H-pyrrole nitrogens is 1. The Kier molecular flexibility index (Phi) is 4.87. The van der Waals surface area contributed by atoms with E-state index < -0.39 is 0 Å². The first-order chi connectivity index (χ1) is 13.9. The summed E-state index contributed by atoms with van der Waals surface area (Å²) in [6.45, 7) is 4.30. The van der Waals surface area contributed by atoms with Gasteiger partial charge in [0.15, 0.2) is 0 Å². The Morgan fingerprint density at radius 2 is 2.10 bits per heavy atom. The topological polar surface area (TPSA) is 89.0 Å². The fourth-order valence-corrected chi connectivity index (χ4v) is 4.52. The summed E-state index contributed by atoms with van der Waals surface area (Å²) in [7, 11) is 3.48. The molecule has 0 saturated carbocycles. The van der Waals surface area contributed by atoms with Gasteiger partial charge in [0.25, 0.3) is 11.5 Å². The summed E-state index contributed by atoms with van der Waals surface area (Å²) in [6.07, 6.45) is 0.449. The quantitative estimate of drug-likeness (QED) is 0.529. The van der Waals surface area contributed by atoms with E-state index in [1.54, 1.807) is 7.11 Å². The highest BCUT2D eigenvalue weighted by molar-refractivity contribution is 7.18. The molecule has 0 aliphatic carbocycles. The van der Waals surface area contributed by atoms with Gasteiger partial charge in [-0.3, -0.25) is 9.59 Å². The molecule has 8 heteroatoms. The summed E-state index contributed by atoms with van der Waals surface area (Å²) in [5.41, 5.74) is 2.37. The van der Waals surface area contributed by atoms with Crippen LogP contribution in [-0.2, 0) is 13.5 Å². The van der Waals surface area contributed by atoms with Crippen molar-refractivity contribution in [2.45, 2.75) is 20.3 Å². The lowest BCUT2D eigenvalue weighted by Crippen LogP contribution is -2.28. The minimum absolute atomic E-state index is 0.124. The smallest absolute Gasteiger partial charge is 0.267 e. The van der Waals surface area contributed by atoms with Crippen molar-refractivity contribution < 1.29 is 9.53 Å². The van der Waals surface area contributed by atoms with Gasteiger partial charge in [0.1, 0.15) is 22.1 Å². The summed E-state index contributed by atoms with van der Waals surface area (Å²) in [5, 5.41) is 4.51. The molecule has 0 bridgehead atoms. The van der Waals surface area contributed by atoms with Gasteiger partial charge in [0.2, 0.25) is 0 Å². The number of hydrogen-bond donors (Lipinski definition) is 2. The lowest BCUT2D eigenvalue weighted by Gasteiger charge is -2.07. The third-order valence-electron chi connectivity index (χ3n) is 5.22. The monoisotopic (exact) mass is 410 g/mol. The number of fused-ring (bicyclic) bond motifs is 2. The molecule has 2 N–H and O–H groups in total. The van der Waals surface area contributed by atoms with Crippen LogP contribution >= 0.6 is 11.3 Å². The van der Waals surface area contributed by atoms with E-state index in [2.05, 4.69) is 15.3 Å². The van der Waals surface area contributed by atoms with Crippen LogP contribution < -0.4 is 15.6 Å². The second kappa shape index (κ2) is 7.36. The van der Waals surface area contributed by atoms with E-state index in [-0.39, 0.29) is 11.5 Å². The summed E-state index contributed by atoms with van der Waals surface area (Å²) < 4.78 is 7.10. The zero-order valence-electron chi connectivity index (χ0n) is 16.8. The van der Waals surface area contributed by atoms with Crippen LogP contribution in [0.2, 0.25) is 0 Å². The molecule has 4 rings (SSSR count). The lowest BCUT2D eigenvalue weighted by atomic mass is 10.2. The third-order valence-corrected chi connectivity index (χ3v) is 6.32. The number of carbonyl (C=O) groups excluding carboxylic acids is 1. The van der Waals surface area contributed by atoms with Crippen molar-refractivity contribution in [3.05, 3.63) is 56.6 Å². The summed E-state index contributed by atoms with van der Waals surface area (Å²) in [4.78, 5) is 34.2. The molecule has 0 unspecified atom stereocenters. The van der Waals surface area contributed by atoms with Gasteiger partial charge in [-0.25, -0.2) is 4.98 Å². The van der Waals surface area contributed by atoms with E-state index in [9.17, 15) is 9.59 Å². The molecule has 0 atom stereocenters. The molecule has 0 spiro atoms. The van der Waals surface area contributed by atoms with Gasteiger partial charge in [-0.1, -0.05) is 0 Å². The molecule has 0 saturated heterocycles. The number of methoxy groups -OCH3 is 1. The van der Waals surface area contributed by atoms with Crippen molar-refractivity contribution in [2.24, 2.45) is 7.05 Å². The summed E-state index contributed by atoms with van der Waals surface area (Å²) in [6, 6.07) is 7.55. The molecule has 7 nitrogen and oxygen atoms in total. The molecule has 3 heterocycles. The van der Waals surface area contributed by atoms with E-state index in [1.165, 1.54) is 11.3 Å². The lowest BCUT2D eigenvalue weighted by molar-refractivity contribution is 0.0946. The van der Waals surface area contributed by atoms with Crippen LogP contribution in [-0.4, -0.2) is 34.1 Å². The van der Waals surface area contributed by atoms with Crippen molar-refractivity contribution in [2.75, 3.05) is 13.7 Å². The number of aromatic amines is 1. The maximum Gasteiger partial charge on any atom is 0.267 e. The fourth-order valence-electron chi connectivity index (χ4n) is 3.48. The van der Waals surface area contributed by atoms with Gasteiger partial charge >= 0.3 is 0 Å².